The number of nitrogens with zero attached hydrogens (tertiary/aromatic N) is 2. The molecule has 0 aliphatic carbocycles. The fraction of sp³-hybridized carbons (Fsp3) is 0.227. The number of hydrogen-bond acceptors (Lipinski definition) is 10. The van der Waals surface area contributed by atoms with Crippen LogP contribution in [0.4, 0.5) is 5.13 Å². The predicted octanol–water partition coefficient (Wildman–Crippen LogP) is -0.803. The second-order valence-corrected chi connectivity index (χ2v) is 11.0. The van der Waals surface area contributed by atoms with Crippen molar-refractivity contribution in [3.05, 3.63) is 55.1 Å². The molecule has 2 aromatic rings. The third-order valence-corrected chi connectivity index (χ3v) is 8.55. The quantitative estimate of drug-likeness (QED) is 0.132. The van der Waals surface area contributed by atoms with Crippen LogP contribution in [0.2, 0.25) is 15.1 Å². The number of rotatable bonds is 7. The van der Waals surface area contributed by atoms with E-state index in [4.69, 9.17) is 45.3 Å². The van der Waals surface area contributed by atoms with Gasteiger partial charge in [0.05, 0.1) is 33.0 Å². The van der Waals surface area contributed by atoms with Gasteiger partial charge in [-0.05, 0) is 18.2 Å². The number of ether oxygens (including phenoxy) is 1. The number of benzene rings is 1. The molecule has 0 bridgehead atoms. The molecule has 194 valence electrons. The third kappa shape index (κ3) is 6.18. The molecule has 0 saturated carbocycles. The number of hydrogen-bond donors (Lipinski definition) is 2. The third-order valence-electron chi connectivity index (χ3n) is 5.39. The number of thioether (sulfide) groups is 1. The number of carbonyl (C=O) groups is 4. The zero-order valence-corrected chi connectivity index (χ0v) is 25.7. The number of nitrogens with two attached hydrogens (primary N) is 1. The van der Waals surface area contributed by atoms with Crippen molar-refractivity contribution in [1.29, 1.82) is 0 Å². The number of carbonyl (C=O) groups excluding carboxylic acids is 4. The Labute approximate surface area is 261 Å². The second kappa shape index (κ2) is 12.6. The summed E-state index contributed by atoms with van der Waals surface area (Å²) in [6, 6.07) is 1.97. The molecule has 2 atom stereocenters. The standard InChI is InChI=1S/C22H17Cl3N4O6S2.Na/c1-8(30)35-5-9-6-36-20-16(19(32)29(20)17(9)21(33)34)28-18(31)11(14-7-37-22(26)27-14)4-10-12(23)2-3-13(24)15(10)25;/h2-4,7,16,20H,5-6H2,1H3,(H2,26,27)(H,28,31)(H,33,34);/q;+1/p-1/b11-4-;/t16?,20-;/m1./s1. The van der Waals surface area contributed by atoms with E-state index in [-0.39, 0.29) is 90.2 Å². The van der Waals surface area contributed by atoms with Crippen LogP contribution in [0.15, 0.2) is 28.8 Å². The number of anilines is 1. The van der Waals surface area contributed by atoms with Gasteiger partial charge in [-0.25, -0.2) is 4.98 Å². The smallest absolute Gasteiger partial charge is 0.543 e. The summed E-state index contributed by atoms with van der Waals surface area (Å²) in [4.78, 5) is 54.5. The summed E-state index contributed by atoms with van der Waals surface area (Å²) in [5, 5.41) is 16.0. The molecule has 3 N–H and O–H groups in total. The van der Waals surface area contributed by atoms with Crippen LogP contribution in [0.3, 0.4) is 0 Å². The SMILES string of the molecule is CC(=O)OCC1=C(C(=O)[O-])N2C(=O)C(NC(=O)/C(=C\c3c(Cl)ccc(Cl)c3Cl)c3csc(N)n3)[C@H]2SC1.[Na+]. The van der Waals surface area contributed by atoms with Crippen molar-refractivity contribution in [3.63, 3.8) is 0 Å². The molecule has 16 heteroatoms. The number of β-lactam (4-membered cyclic amide) rings is 1. The summed E-state index contributed by atoms with van der Waals surface area (Å²) in [7, 11) is 0. The average Bonchev–Trinajstić information content (AvgIpc) is 3.28. The number of nitrogen functional groups attached to an aromatic ring is 1. The number of fused-ring (bicyclic) bond motifs is 1. The number of aromatic nitrogens is 1. The number of carboxylic acids is 1. The number of nitrogens with one attached hydrogen (secondary N) is 1. The van der Waals surface area contributed by atoms with Crippen LogP contribution >= 0.6 is 57.9 Å². The molecule has 1 aromatic heterocycles. The number of esters is 1. The van der Waals surface area contributed by atoms with Gasteiger partial charge in [-0.1, -0.05) is 34.8 Å². The molecule has 38 heavy (non-hydrogen) atoms. The molecule has 2 aliphatic heterocycles. The Morgan fingerprint density at radius 3 is 2.58 bits per heavy atom. The van der Waals surface area contributed by atoms with Gasteiger partial charge in [0.25, 0.3) is 11.8 Å². The summed E-state index contributed by atoms with van der Waals surface area (Å²) in [6.07, 6.45) is 1.39. The van der Waals surface area contributed by atoms with Gasteiger partial charge in [0.2, 0.25) is 0 Å². The van der Waals surface area contributed by atoms with E-state index in [1.54, 1.807) is 5.38 Å². The van der Waals surface area contributed by atoms with Gasteiger partial charge in [0, 0.05) is 34.2 Å². The van der Waals surface area contributed by atoms with Gasteiger partial charge < -0.3 is 25.7 Å². The van der Waals surface area contributed by atoms with E-state index in [9.17, 15) is 24.3 Å². The Bertz CT molecular complexity index is 1400. The van der Waals surface area contributed by atoms with E-state index in [1.165, 1.54) is 36.9 Å². The molecule has 0 spiro atoms. The van der Waals surface area contributed by atoms with E-state index in [1.807, 2.05) is 0 Å². The molecule has 3 heterocycles. The fourth-order valence-corrected chi connectivity index (χ4v) is 6.21. The van der Waals surface area contributed by atoms with Gasteiger partial charge in [0.15, 0.2) is 5.13 Å². The van der Waals surface area contributed by atoms with E-state index >= 15 is 0 Å². The van der Waals surface area contributed by atoms with Crippen LogP contribution < -0.4 is 45.7 Å². The number of amides is 2. The molecule has 2 amide bonds. The number of thiazole rings is 1. The molecule has 1 unspecified atom stereocenters. The van der Waals surface area contributed by atoms with Crippen LogP contribution in [0, 0.1) is 0 Å². The van der Waals surface area contributed by atoms with Crippen LogP contribution in [0.25, 0.3) is 11.6 Å². The maximum absolute atomic E-state index is 13.4. The first-order chi connectivity index (χ1) is 17.5. The van der Waals surface area contributed by atoms with Crippen molar-refractivity contribution in [3.8, 4) is 0 Å². The number of aliphatic carboxylic acids is 1. The van der Waals surface area contributed by atoms with Gasteiger partial charge in [0.1, 0.15) is 18.0 Å². The molecule has 1 saturated heterocycles. The Kier molecular flexibility index (Phi) is 10.2. The molecule has 1 fully saturated rings. The zero-order valence-electron chi connectivity index (χ0n) is 19.7. The van der Waals surface area contributed by atoms with Gasteiger partial charge in [-0.15, -0.1) is 23.1 Å². The second-order valence-electron chi connectivity index (χ2n) is 7.77. The maximum atomic E-state index is 13.4. The zero-order chi connectivity index (χ0) is 27.0. The first-order valence-corrected chi connectivity index (χ1v) is 13.4. The monoisotopic (exact) mass is 624 g/mol. The van der Waals surface area contributed by atoms with E-state index in [0.29, 0.717) is 0 Å². The van der Waals surface area contributed by atoms with Crippen LogP contribution in [0.1, 0.15) is 18.2 Å². The van der Waals surface area contributed by atoms with Crippen LogP contribution in [0.5, 0.6) is 0 Å². The summed E-state index contributed by atoms with van der Waals surface area (Å²) < 4.78 is 4.90. The molecule has 4 rings (SSSR count). The topological polar surface area (TPSA) is 155 Å². The van der Waals surface area contributed by atoms with E-state index < -0.39 is 35.2 Å². The van der Waals surface area contributed by atoms with Gasteiger partial charge in [-0.2, -0.15) is 0 Å². The minimum Gasteiger partial charge on any atom is -0.543 e. The largest absolute Gasteiger partial charge is 1.00 e. The van der Waals surface area contributed by atoms with Gasteiger partial charge in [-0.3, -0.25) is 19.3 Å². The van der Waals surface area contributed by atoms with Crippen molar-refractivity contribution in [1.82, 2.24) is 15.2 Å². The summed E-state index contributed by atoms with van der Waals surface area (Å²) >= 11 is 21.0. The summed E-state index contributed by atoms with van der Waals surface area (Å²) in [5.41, 5.74) is 6.09. The predicted molar refractivity (Wildman–Crippen MR) is 140 cm³/mol. The Balaban J connectivity index is 0.00000400. The normalized spacial score (nSPS) is 18.8. The first kappa shape index (κ1) is 30.8. The van der Waals surface area contributed by atoms with Crippen molar-refractivity contribution in [2.24, 2.45) is 0 Å². The van der Waals surface area contributed by atoms with E-state index in [0.717, 1.165) is 16.2 Å². The fourth-order valence-electron chi connectivity index (χ4n) is 3.68. The van der Waals surface area contributed by atoms with Crippen molar-refractivity contribution in [2.75, 3.05) is 18.1 Å². The van der Waals surface area contributed by atoms with Crippen LogP contribution in [-0.2, 0) is 23.9 Å². The first-order valence-electron chi connectivity index (χ1n) is 10.4. The Hall–Kier alpha value is -1.77. The minimum absolute atomic E-state index is 0. The van der Waals surface area contributed by atoms with Crippen molar-refractivity contribution < 1.29 is 58.6 Å². The Morgan fingerprint density at radius 2 is 1.97 bits per heavy atom. The molecule has 1 aromatic carbocycles. The minimum atomic E-state index is -1.59. The molecular formula is C22H16Cl3N4NaO6S2. The van der Waals surface area contributed by atoms with Gasteiger partial charge >= 0.3 is 35.5 Å². The summed E-state index contributed by atoms with van der Waals surface area (Å²) in [5.74, 6) is -3.40. The average molecular weight is 626 g/mol. The van der Waals surface area contributed by atoms with Crippen molar-refractivity contribution >= 4 is 98.4 Å². The molecule has 0 radical (unpaired) electrons. The summed E-state index contributed by atoms with van der Waals surface area (Å²) in [6.45, 7) is 0.891. The molecule has 10 nitrogen and oxygen atoms in total. The van der Waals surface area contributed by atoms with Crippen molar-refractivity contribution in [2.45, 2.75) is 18.3 Å². The van der Waals surface area contributed by atoms with Crippen LogP contribution in [-0.4, -0.2) is 57.4 Å². The van der Waals surface area contributed by atoms with E-state index in [2.05, 4.69) is 10.3 Å². The molecular weight excluding hydrogens is 610 g/mol. The Morgan fingerprint density at radius 1 is 1.29 bits per heavy atom. The number of halogens is 3. The molecule has 2 aliphatic rings. The number of carboxylic acid groups (broad SMARTS) is 1. The maximum Gasteiger partial charge on any atom is 1.00 e.